The van der Waals surface area contributed by atoms with Gasteiger partial charge in [-0.15, -0.1) is 11.3 Å². The molecule has 0 aliphatic carbocycles. The van der Waals surface area contributed by atoms with Crippen molar-refractivity contribution in [1.29, 1.82) is 0 Å². The molecule has 0 saturated heterocycles. The van der Waals surface area contributed by atoms with E-state index >= 15 is 0 Å². The molecule has 0 spiro atoms. The van der Waals surface area contributed by atoms with Crippen LogP contribution in [-0.2, 0) is 16.0 Å². The topological polar surface area (TPSA) is 80.3 Å². The third kappa shape index (κ3) is 4.65. The van der Waals surface area contributed by atoms with E-state index in [0.29, 0.717) is 23.8 Å². The molecule has 0 saturated carbocycles. The van der Waals surface area contributed by atoms with E-state index in [2.05, 4.69) is 15.6 Å². The Morgan fingerprint density at radius 1 is 1.12 bits per heavy atom. The number of ether oxygens (including phenoxy) is 1. The number of methoxy groups -OCH3 is 1. The van der Waals surface area contributed by atoms with Gasteiger partial charge in [-0.05, 0) is 29.8 Å². The summed E-state index contributed by atoms with van der Waals surface area (Å²) in [6.07, 6.45) is 0.288. The molecule has 0 radical (unpaired) electrons. The molecule has 7 heteroatoms. The maximum Gasteiger partial charge on any atom is 0.284 e. The van der Waals surface area contributed by atoms with Gasteiger partial charge in [-0.2, -0.15) is 0 Å². The largest absolute Gasteiger partial charge is 0.383 e. The van der Waals surface area contributed by atoms with Crippen LogP contribution >= 0.6 is 11.3 Å². The molecule has 3 rings (SSSR count). The highest BCUT2D eigenvalue weighted by molar-refractivity contribution is 7.20. The maximum absolute atomic E-state index is 12.4. The molecule has 6 nitrogen and oxygen atoms in total. The second kappa shape index (κ2) is 8.55. The lowest BCUT2D eigenvalue weighted by atomic mass is 10.1. The minimum atomic E-state index is -0.240. The zero-order valence-electron chi connectivity index (χ0n) is 14.3. The van der Waals surface area contributed by atoms with Gasteiger partial charge < -0.3 is 15.4 Å². The number of amides is 2. The van der Waals surface area contributed by atoms with Crippen molar-refractivity contribution in [3.05, 3.63) is 59.1 Å². The van der Waals surface area contributed by atoms with E-state index in [0.717, 1.165) is 15.8 Å². The zero-order valence-corrected chi connectivity index (χ0v) is 15.1. The van der Waals surface area contributed by atoms with E-state index < -0.39 is 0 Å². The van der Waals surface area contributed by atoms with Crippen molar-refractivity contribution in [3.63, 3.8) is 0 Å². The first-order valence-electron chi connectivity index (χ1n) is 8.17. The lowest BCUT2D eigenvalue weighted by Gasteiger charge is -2.06. The number of nitrogens with zero attached hydrogens (tertiary/aromatic N) is 1. The van der Waals surface area contributed by atoms with Crippen molar-refractivity contribution < 1.29 is 14.3 Å². The Labute approximate surface area is 155 Å². The number of nitrogens with one attached hydrogen (secondary N) is 2. The van der Waals surface area contributed by atoms with Crippen molar-refractivity contribution in [2.45, 2.75) is 6.42 Å². The molecule has 1 aromatic heterocycles. The molecule has 0 bridgehead atoms. The van der Waals surface area contributed by atoms with E-state index in [9.17, 15) is 9.59 Å². The van der Waals surface area contributed by atoms with Crippen LogP contribution in [-0.4, -0.2) is 37.1 Å². The summed E-state index contributed by atoms with van der Waals surface area (Å²) in [6.45, 7) is 0.980. The molecule has 2 amide bonds. The Balaban J connectivity index is 1.58. The van der Waals surface area contributed by atoms with Crippen molar-refractivity contribution >= 4 is 39.1 Å². The van der Waals surface area contributed by atoms with Crippen LogP contribution in [0.3, 0.4) is 0 Å². The maximum atomic E-state index is 12.4. The van der Waals surface area contributed by atoms with Crippen LogP contribution in [0.4, 0.5) is 5.69 Å². The number of rotatable bonds is 7. The van der Waals surface area contributed by atoms with E-state index in [1.54, 1.807) is 19.2 Å². The Morgan fingerprint density at radius 3 is 2.62 bits per heavy atom. The number of para-hydroxylation sites is 1. The Morgan fingerprint density at radius 2 is 1.88 bits per heavy atom. The number of benzene rings is 2. The first-order valence-corrected chi connectivity index (χ1v) is 8.99. The van der Waals surface area contributed by atoms with Gasteiger partial charge in [0.15, 0.2) is 5.01 Å². The lowest BCUT2D eigenvalue weighted by Crippen LogP contribution is -2.28. The van der Waals surface area contributed by atoms with E-state index in [-0.39, 0.29) is 18.2 Å². The summed E-state index contributed by atoms with van der Waals surface area (Å²) in [6, 6.07) is 14.9. The summed E-state index contributed by atoms with van der Waals surface area (Å²) >= 11 is 1.36. The molecule has 0 unspecified atom stereocenters. The molecular weight excluding hydrogens is 350 g/mol. The monoisotopic (exact) mass is 369 g/mol. The van der Waals surface area contributed by atoms with E-state index in [4.69, 9.17) is 4.74 Å². The van der Waals surface area contributed by atoms with Crippen LogP contribution < -0.4 is 10.6 Å². The standard InChI is InChI=1S/C19H19N3O3S/c1-25-11-10-20-17(23)12-13-6-8-14(9-7-13)21-18(24)19-22-15-4-2-3-5-16(15)26-19/h2-9H,10-12H2,1H3,(H,20,23)(H,21,24). The summed E-state index contributed by atoms with van der Waals surface area (Å²) in [5.41, 5.74) is 2.35. The van der Waals surface area contributed by atoms with Crippen LogP contribution in [0.2, 0.25) is 0 Å². The molecule has 0 fully saturated rings. The summed E-state index contributed by atoms with van der Waals surface area (Å²) < 4.78 is 5.87. The lowest BCUT2D eigenvalue weighted by molar-refractivity contribution is -0.120. The molecule has 1 heterocycles. The quantitative estimate of drug-likeness (QED) is 0.628. The average Bonchev–Trinajstić information content (AvgIpc) is 3.08. The van der Waals surface area contributed by atoms with Gasteiger partial charge in [0, 0.05) is 19.3 Å². The molecule has 2 N–H and O–H groups in total. The van der Waals surface area contributed by atoms with Gasteiger partial charge in [-0.25, -0.2) is 4.98 Å². The molecular formula is C19H19N3O3S. The second-order valence-electron chi connectivity index (χ2n) is 5.66. The Bertz CT molecular complexity index is 873. The summed E-state index contributed by atoms with van der Waals surface area (Å²) in [5, 5.41) is 6.03. The highest BCUT2D eigenvalue weighted by Crippen LogP contribution is 2.22. The number of carbonyl (C=O) groups excluding carboxylic acids is 2. The van der Waals surface area contributed by atoms with Crippen molar-refractivity contribution in [2.75, 3.05) is 25.6 Å². The summed E-state index contributed by atoms with van der Waals surface area (Å²) in [4.78, 5) is 28.5. The van der Waals surface area contributed by atoms with Crippen LogP contribution in [0.25, 0.3) is 10.2 Å². The second-order valence-corrected chi connectivity index (χ2v) is 6.69. The van der Waals surface area contributed by atoms with Crippen molar-refractivity contribution in [3.8, 4) is 0 Å². The van der Waals surface area contributed by atoms with Gasteiger partial charge in [0.25, 0.3) is 5.91 Å². The number of fused-ring (bicyclic) bond motifs is 1. The Hall–Kier alpha value is -2.77. The molecule has 0 aliphatic rings. The van der Waals surface area contributed by atoms with Gasteiger partial charge in [0.05, 0.1) is 23.2 Å². The first kappa shape index (κ1) is 18.0. The minimum absolute atomic E-state index is 0.0617. The van der Waals surface area contributed by atoms with Gasteiger partial charge in [-0.3, -0.25) is 9.59 Å². The summed E-state index contributed by atoms with van der Waals surface area (Å²) in [7, 11) is 1.59. The highest BCUT2D eigenvalue weighted by atomic mass is 32.1. The highest BCUT2D eigenvalue weighted by Gasteiger charge is 2.12. The molecule has 0 aliphatic heterocycles. The van der Waals surface area contributed by atoms with Crippen LogP contribution in [0.15, 0.2) is 48.5 Å². The SMILES string of the molecule is COCCNC(=O)Cc1ccc(NC(=O)c2nc3ccccc3s2)cc1. The van der Waals surface area contributed by atoms with Gasteiger partial charge in [-0.1, -0.05) is 24.3 Å². The third-order valence-electron chi connectivity index (χ3n) is 3.69. The molecule has 3 aromatic rings. The van der Waals surface area contributed by atoms with Gasteiger partial charge in [0.1, 0.15) is 0 Å². The van der Waals surface area contributed by atoms with E-state index in [1.807, 2.05) is 36.4 Å². The number of hydrogen-bond acceptors (Lipinski definition) is 5. The van der Waals surface area contributed by atoms with Crippen molar-refractivity contribution in [2.24, 2.45) is 0 Å². The van der Waals surface area contributed by atoms with Crippen molar-refractivity contribution in [1.82, 2.24) is 10.3 Å². The number of aromatic nitrogens is 1. The fourth-order valence-electron chi connectivity index (χ4n) is 2.40. The van der Waals surface area contributed by atoms with Crippen LogP contribution in [0.1, 0.15) is 15.4 Å². The van der Waals surface area contributed by atoms with E-state index in [1.165, 1.54) is 11.3 Å². The molecule has 134 valence electrons. The molecule has 2 aromatic carbocycles. The predicted octanol–water partition coefficient (Wildman–Crippen LogP) is 2.85. The fraction of sp³-hybridized carbons (Fsp3) is 0.211. The summed E-state index contributed by atoms with van der Waals surface area (Å²) in [5.74, 6) is -0.301. The van der Waals surface area contributed by atoms with Gasteiger partial charge >= 0.3 is 0 Å². The van der Waals surface area contributed by atoms with Gasteiger partial charge in [0.2, 0.25) is 5.91 Å². The number of anilines is 1. The average molecular weight is 369 g/mol. The number of carbonyl (C=O) groups is 2. The zero-order chi connectivity index (χ0) is 18.4. The number of hydrogen-bond donors (Lipinski definition) is 2. The number of thiazole rings is 1. The third-order valence-corrected chi connectivity index (χ3v) is 4.73. The smallest absolute Gasteiger partial charge is 0.284 e. The normalized spacial score (nSPS) is 10.7. The minimum Gasteiger partial charge on any atom is -0.383 e. The van der Waals surface area contributed by atoms with Crippen LogP contribution in [0, 0.1) is 0 Å². The Kier molecular flexibility index (Phi) is 5.93. The molecule has 0 atom stereocenters. The van der Waals surface area contributed by atoms with Crippen LogP contribution in [0.5, 0.6) is 0 Å². The first-order chi connectivity index (χ1) is 12.7. The fourth-order valence-corrected chi connectivity index (χ4v) is 3.26. The molecule has 26 heavy (non-hydrogen) atoms. The predicted molar refractivity (Wildman–Crippen MR) is 103 cm³/mol.